The van der Waals surface area contributed by atoms with Crippen molar-refractivity contribution < 1.29 is 42.5 Å². The first-order chi connectivity index (χ1) is 25.2. The number of nitrogens with zero attached hydrogens (tertiary/aromatic N) is 1. The van der Waals surface area contributed by atoms with Crippen molar-refractivity contribution in [2.75, 3.05) is 31.5 Å². The highest BCUT2D eigenvalue weighted by Crippen LogP contribution is 2.29. The van der Waals surface area contributed by atoms with Crippen LogP contribution in [-0.2, 0) is 27.3 Å². The number of fused-ring (bicyclic) bond motifs is 1. The van der Waals surface area contributed by atoms with Gasteiger partial charge in [-0.2, -0.15) is 13.2 Å². The molecule has 4 aromatic rings. The number of aliphatic hydroxyl groups excluding tert-OH is 1. The molecule has 12 nitrogen and oxygen atoms in total. The van der Waals surface area contributed by atoms with Crippen molar-refractivity contribution in [3.8, 4) is 5.75 Å². The number of aromatic nitrogens is 1. The van der Waals surface area contributed by atoms with E-state index in [1.165, 1.54) is 12.1 Å². The first-order valence-corrected chi connectivity index (χ1v) is 17.3. The number of benzene rings is 3. The summed E-state index contributed by atoms with van der Waals surface area (Å²) in [7, 11) is 0. The molecule has 0 unspecified atom stereocenters. The number of nitrogens with one attached hydrogen (secondary N) is 4. The second-order valence-electron chi connectivity index (χ2n) is 13.1. The molecule has 0 aliphatic carbocycles. The van der Waals surface area contributed by atoms with Gasteiger partial charge in [-0.3, -0.25) is 14.4 Å². The van der Waals surface area contributed by atoms with Crippen molar-refractivity contribution in [1.82, 2.24) is 20.5 Å². The zero-order valence-corrected chi connectivity index (χ0v) is 29.0. The van der Waals surface area contributed by atoms with Crippen LogP contribution >= 0.6 is 0 Å². The fourth-order valence-corrected chi connectivity index (χ4v) is 6.17. The summed E-state index contributed by atoms with van der Waals surface area (Å²) < 4.78 is 41.8. The monoisotopic (exact) mass is 737 g/mol. The summed E-state index contributed by atoms with van der Waals surface area (Å²) in [6.07, 6.45) is -5.32. The summed E-state index contributed by atoms with van der Waals surface area (Å²) in [5.74, 6) is -2.78. The molecule has 2 atom stereocenters. The quantitative estimate of drug-likeness (QED) is 0.103. The summed E-state index contributed by atoms with van der Waals surface area (Å²) >= 11 is 0. The summed E-state index contributed by atoms with van der Waals surface area (Å²) in [5.41, 5.74) is 3.27. The third-order valence-electron chi connectivity index (χ3n) is 9.05. The Kier molecular flexibility index (Phi) is 12.9. The number of aromatic amines is 1. The van der Waals surface area contributed by atoms with E-state index in [1.807, 2.05) is 24.0 Å². The minimum Gasteiger partial charge on any atom is -0.506 e. The standard InChI is InChI=1S/C38H42F3N5O7/c1-23(42-22-32(48)29-9-11-31(47)35-30(29)10-12-34(50)45-35)19-24-5-7-27(8-6-24)44-36(51)26-4-2-3-25(20-26)21-43-33(49)15-18-46-16-13-28(14-17-46)53-37(52)38(39,40)41/h2-12,20,23,28,32,42,47-48H,13-19,21-22H2,1H3,(H,43,49)(H,44,51)(H,45,50)/t23-,32+/m1/s1. The number of anilines is 1. The lowest BCUT2D eigenvalue weighted by Gasteiger charge is -2.31. The van der Waals surface area contributed by atoms with Gasteiger partial charge in [-0.05, 0) is 79.3 Å². The fraction of sp³-hybridized carbons (Fsp3) is 0.368. The Morgan fingerprint density at radius 3 is 2.45 bits per heavy atom. The lowest BCUT2D eigenvalue weighted by atomic mass is 10.0. The highest BCUT2D eigenvalue weighted by Gasteiger charge is 2.42. The molecule has 1 fully saturated rings. The average Bonchev–Trinajstić information content (AvgIpc) is 3.13. The van der Waals surface area contributed by atoms with Gasteiger partial charge in [0.2, 0.25) is 11.5 Å². The third kappa shape index (κ3) is 11.1. The number of pyridine rings is 1. The number of carbonyl (C=O) groups excluding carboxylic acids is 3. The van der Waals surface area contributed by atoms with Gasteiger partial charge in [0.05, 0.1) is 11.6 Å². The smallest absolute Gasteiger partial charge is 0.490 e. The van der Waals surface area contributed by atoms with E-state index < -0.39 is 24.4 Å². The minimum absolute atomic E-state index is 0.00298. The van der Waals surface area contributed by atoms with Crippen LogP contribution in [0.3, 0.4) is 0 Å². The van der Waals surface area contributed by atoms with E-state index >= 15 is 0 Å². The zero-order chi connectivity index (χ0) is 38.1. The number of phenolic OH excluding ortho intramolecular Hbond substituents is 1. The van der Waals surface area contributed by atoms with Gasteiger partial charge >= 0.3 is 12.1 Å². The van der Waals surface area contributed by atoms with Gasteiger partial charge < -0.3 is 40.8 Å². The average molecular weight is 738 g/mol. The maximum absolute atomic E-state index is 13.0. The topological polar surface area (TPSA) is 173 Å². The number of alkyl halides is 3. The van der Waals surface area contributed by atoms with Gasteiger partial charge in [-0.25, -0.2) is 4.79 Å². The second-order valence-corrected chi connectivity index (χ2v) is 13.1. The molecule has 5 rings (SSSR count). The summed E-state index contributed by atoms with van der Waals surface area (Å²) in [5, 5.41) is 30.6. The molecule has 2 heterocycles. The maximum atomic E-state index is 13.0. The van der Waals surface area contributed by atoms with Gasteiger partial charge in [0.25, 0.3) is 5.91 Å². The lowest BCUT2D eigenvalue weighted by Crippen LogP contribution is -2.41. The largest absolute Gasteiger partial charge is 0.506 e. The van der Waals surface area contributed by atoms with Crippen molar-refractivity contribution in [1.29, 1.82) is 0 Å². The highest BCUT2D eigenvalue weighted by molar-refractivity contribution is 6.04. The van der Waals surface area contributed by atoms with Crippen LogP contribution in [0.4, 0.5) is 18.9 Å². The Morgan fingerprint density at radius 1 is 1.00 bits per heavy atom. The molecule has 0 radical (unpaired) electrons. The number of esters is 1. The van der Waals surface area contributed by atoms with E-state index in [0.29, 0.717) is 48.3 Å². The highest BCUT2D eigenvalue weighted by atomic mass is 19.4. The number of piperidine rings is 1. The molecule has 3 aromatic carbocycles. The molecule has 282 valence electrons. The molecule has 0 spiro atoms. The first-order valence-electron chi connectivity index (χ1n) is 17.3. The van der Waals surface area contributed by atoms with Gasteiger partial charge in [0.1, 0.15) is 11.9 Å². The number of phenols is 1. The van der Waals surface area contributed by atoms with Crippen LogP contribution in [-0.4, -0.2) is 82.4 Å². The van der Waals surface area contributed by atoms with Crippen LogP contribution in [0.15, 0.2) is 77.6 Å². The predicted molar refractivity (Wildman–Crippen MR) is 191 cm³/mol. The predicted octanol–water partition coefficient (Wildman–Crippen LogP) is 4.32. The molecular formula is C38H42F3N5O7. The van der Waals surface area contributed by atoms with Crippen LogP contribution < -0.4 is 21.5 Å². The zero-order valence-electron chi connectivity index (χ0n) is 29.0. The second kappa shape index (κ2) is 17.5. The van der Waals surface area contributed by atoms with Gasteiger partial charge in [-0.15, -0.1) is 0 Å². The molecule has 6 N–H and O–H groups in total. The Labute approximate surface area is 303 Å². The van der Waals surface area contributed by atoms with Crippen LogP contribution in [0.2, 0.25) is 0 Å². The Balaban J connectivity index is 1.02. The lowest BCUT2D eigenvalue weighted by molar-refractivity contribution is -0.206. The van der Waals surface area contributed by atoms with E-state index in [1.54, 1.807) is 48.5 Å². The number of aliphatic hydroxyl groups is 1. The van der Waals surface area contributed by atoms with Crippen LogP contribution in [0.25, 0.3) is 10.9 Å². The van der Waals surface area contributed by atoms with E-state index in [2.05, 4.69) is 25.7 Å². The minimum atomic E-state index is -5.01. The summed E-state index contributed by atoms with van der Waals surface area (Å²) in [6.45, 7) is 3.68. The number of carbonyl (C=O) groups is 3. The number of halogens is 3. The molecular weight excluding hydrogens is 695 g/mol. The van der Waals surface area contributed by atoms with E-state index in [-0.39, 0.29) is 67.0 Å². The van der Waals surface area contributed by atoms with Crippen molar-refractivity contribution in [3.05, 3.63) is 105 Å². The van der Waals surface area contributed by atoms with E-state index in [4.69, 9.17) is 0 Å². The van der Waals surface area contributed by atoms with Crippen LogP contribution in [0.5, 0.6) is 5.75 Å². The van der Waals surface area contributed by atoms with E-state index in [9.17, 15) is 42.6 Å². The molecule has 15 heteroatoms. The molecule has 1 aliphatic rings. The first kappa shape index (κ1) is 39.0. The molecule has 1 aromatic heterocycles. The SMILES string of the molecule is C[C@H](Cc1ccc(NC(=O)c2cccc(CNC(=O)CCN3CCC(OC(=O)C(F)(F)F)CC3)c2)cc1)NC[C@H](O)c1ccc(O)c2[nH]c(=O)ccc12. The number of hydrogen-bond acceptors (Lipinski definition) is 9. The number of aromatic hydroxyl groups is 1. The number of likely N-dealkylation sites (tertiary alicyclic amines) is 1. The van der Waals surface area contributed by atoms with Crippen molar-refractivity contribution >= 4 is 34.4 Å². The van der Waals surface area contributed by atoms with Gasteiger partial charge in [0, 0.05) is 67.9 Å². The molecule has 0 bridgehead atoms. The van der Waals surface area contributed by atoms with E-state index in [0.717, 1.165) is 11.1 Å². The molecule has 1 saturated heterocycles. The molecule has 1 aliphatic heterocycles. The maximum Gasteiger partial charge on any atom is 0.490 e. The molecule has 2 amide bonds. The fourth-order valence-electron chi connectivity index (χ4n) is 6.17. The number of hydrogen-bond donors (Lipinski definition) is 6. The van der Waals surface area contributed by atoms with Gasteiger partial charge in [0.15, 0.2) is 0 Å². The molecule has 0 saturated carbocycles. The summed E-state index contributed by atoms with van der Waals surface area (Å²) in [6, 6.07) is 20.3. The number of amides is 2. The molecule has 53 heavy (non-hydrogen) atoms. The van der Waals surface area contributed by atoms with Crippen molar-refractivity contribution in [3.63, 3.8) is 0 Å². The van der Waals surface area contributed by atoms with Gasteiger partial charge in [-0.1, -0.05) is 30.3 Å². The number of rotatable bonds is 14. The number of ether oxygens (including phenoxy) is 1. The third-order valence-corrected chi connectivity index (χ3v) is 9.05. The van der Waals surface area contributed by atoms with Crippen LogP contribution in [0.1, 0.15) is 59.3 Å². The van der Waals surface area contributed by atoms with Crippen LogP contribution in [0, 0.1) is 0 Å². The summed E-state index contributed by atoms with van der Waals surface area (Å²) in [4.78, 5) is 52.8. The Bertz CT molecular complexity index is 1960. The van der Waals surface area contributed by atoms with Crippen molar-refractivity contribution in [2.24, 2.45) is 0 Å². The van der Waals surface area contributed by atoms with Crippen molar-refractivity contribution in [2.45, 2.75) is 63.6 Å². The Hall–Kier alpha value is -5.25. The normalized spacial score (nSPS) is 15.1. The Morgan fingerprint density at radius 2 is 1.74 bits per heavy atom. The number of H-pyrrole nitrogens is 1.